The zero-order valence-corrected chi connectivity index (χ0v) is 13.5. The van der Waals surface area contributed by atoms with E-state index in [4.69, 9.17) is 4.74 Å². The van der Waals surface area contributed by atoms with Gasteiger partial charge in [-0.15, -0.1) is 0 Å². The van der Waals surface area contributed by atoms with Crippen molar-refractivity contribution in [3.63, 3.8) is 0 Å². The number of aryl methyl sites for hydroxylation is 1. The highest BCUT2D eigenvalue weighted by Gasteiger charge is 2.06. The number of ether oxygens (including phenoxy) is 1. The number of para-hydroxylation sites is 1. The number of aromatic nitrogens is 1. The molecule has 1 aromatic carbocycles. The number of H-pyrrole nitrogens is 1. The Morgan fingerprint density at radius 1 is 1.32 bits per heavy atom. The van der Waals surface area contributed by atoms with Gasteiger partial charge in [-0.3, -0.25) is 4.79 Å². The lowest BCUT2D eigenvalue weighted by atomic mass is 10.1. The third kappa shape index (κ3) is 5.19. The summed E-state index contributed by atoms with van der Waals surface area (Å²) in [4.78, 5) is 15.1. The predicted octanol–water partition coefficient (Wildman–Crippen LogP) is 3.28. The van der Waals surface area contributed by atoms with Gasteiger partial charge >= 0.3 is 0 Å². The molecule has 0 saturated carbocycles. The highest BCUT2D eigenvalue weighted by Crippen LogP contribution is 2.18. The number of fused-ring (bicyclic) bond motifs is 1. The molecule has 0 unspecified atom stereocenters. The number of carbonyl (C=O) groups is 1. The van der Waals surface area contributed by atoms with Gasteiger partial charge in [0.1, 0.15) is 0 Å². The fraction of sp³-hybridized carbons (Fsp3) is 0.500. The van der Waals surface area contributed by atoms with Crippen LogP contribution in [0.2, 0.25) is 0 Å². The topological polar surface area (TPSA) is 54.1 Å². The lowest BCUT2D eigenvalue weighted by Crippen LogP contribution is -2.25. The number of carbonyl (C=O) groups excluding carboxylic acids is 1. The Kier molecular flexibility index (Phi) is 6.46. The SMILES string of the molecule is CC(C)COCCCNC(=O)CCc1c[nH]c2ccccc12. The van der Waals surface area contributed by atoms with E-state index in [2.05, 4.69) is 36.3 Å². The molecular formula is C18H26N2O2. The summed E-state index contributed by atoms with van der Waals surface area (Å²) < 4.78 is 5.49. The maximum absolute atomic E-state index is 11.9. The first-order valence-electron chi connectivity index (χ1n) is 8.06. The van der Waals surface area contributed by atoms with Gasteiger partial charge in [-0.1, -0.05) is 32.0 Å². The first kappa shape index (κ1) is 16.6. The van der Waals surface area contributed by atoms with Crippen molar-refractivity contribution in [2.75, 3.05) is 19.8 Å². The Bertz CT molecular complexity index is 590. The molecule has 4 heteroatoms. The fourth-order valence-electron chi connectivity index (χ4n) is 2.40. The Hall–Kier alpha value is -1.81. The number of aromatic amines is 1. The molecular weight excluding hydrogens is 276 g/mol. The average molecular weight is 302 g/mol. The van der Waals surface area contributed by atoms with E-state index < -0.39 is 0 Å². The molecule has 0 spiro atoms. The summed E-state index contributed by atoms with van der Waals surface area (Å²) in [6, 6.07) is 8.18. The van der Waals surface area contributed by atoms with E-state index in [-0.39, 0.29) is 5.91 Å². The summed E-state index contributed by atoms with van der Waals surface area (Å²) in [5.41, 5.74) is 2.33. The van der Waals surface area contributed by atoms with Gasteiger partial charge < -0.3 is 15.0 Å². The zero-order valence-electron chi connectivity index (χ0n) is 13.5. The number of amides is 1. The number of rotatable bonds is 9. The molecule has 2 aromatic rings. The minimum atomic E-state index is 0.106. The number of nitrogens with one attached hydrogen (secondary N) is 2. The van der Waals surface area contributed by atoms with Crippen LogP contribution in [0.1, 0.15) is 32.3 Å². The Morgan fingerprint density at radius 2 is 2.14 bits per heavy atom. The van der Waals surface area contributed by atoms with Crippen LogP contribution in [0.15, 0.2) is 30.5 Å². The summed E-state index contributed by atoms with van der Waals surface area (Å²) in [6.07, 6.45) is 4.15. The molecule has 1 heterocycles. The molecule has 0 atom stereocenters. The predicted molar refractivity (Wildman–Crippen MR) is 89.9 cm³/mol. The van der Waals surface area contributed by atoms with E-state index in [1.54, 1.807) is 0 Å². The second-order valence-corrected chi connectivity index (χ2v) is 6.03. The molecule has 2 N–H and O–H groups in total. The van der Waals surface area contributed by atoms with Gasteiger partial charge in [-0.05, 0) is 30.4 Å². The van der Waals surface area contributed by atoms with Gasteiger partial charge in [0.15, 0.2) is 0 Å². The van der Waals surface area contributed by atoms with E-state index in [1.165, 1.54) is 10.9 Å². The molecule has 0 aliphatic heterocycles. The number of benzene rings is 1. The van der Waals surface area contributed by atoms with E-state index in [0.29, 0.717) is 25.5 Å². The molecule has 0 saturated heterocycles. The zero-order chi connectivity index (χ0) is 15.8. The second kappa shape index (κ2) is 8.59. The van der Waals surface area contributed by atoms with Crippen molar-refractivity contribution in [2.45, 2.75) is 33.1 Å². The number of hydrogen-bond acceptors (Lipinski definition) is 2. The van der Waals surface area contributed by atoms with Gasteiger partial charge in [0.25, 0.3) is 0 Å². The van der Waals surface area contributed by atoms with Crippen LogP contribution in [0.25, 0.3) is 10.9 Å². The molecule has 22 heavy (non-hydrogen) atoms. The summed E-state index contributed by atoms with van der Waals surface area (Å²) in [5.74, 6) is 0.667. The van der Waals surface area contributed by atoms with E-state index >= 15 is 0 Å². The van der Waals surface area contributed by atoms with Crippen molar-refractivity contribution in [2.24, 2.45) is 5.92 Å². The third-order valence-corrected chi connectivity index (χ3v) is 3.54. The quantitative estimate of drug-likeness (QED) is 0.698. The average Bonchev–Trinajstić information content (AvgIpc) is 2.91. The molecule has 2 rings (SSSR count). The minimum Gasteiger partial charge on any atom is -0.381 e. The van der Waals surface area contributed by atoms with Crippen molar-refractivity contribution < 1.29 is 9.53 Å². The van der Waals surface area contributed by atoms with Crippen molar-refractivity contribution in [3.8, 4) is 0 Å². The van der Waals surface area contributed by atoms with Gasteiger partial charge in [0.05, 0.1) is 0 Å². The first-order valence-corrected chi connectivity index (χ1v) is 8.06. The second-order valence-electron chi connectivity index (χ2n) is 6.03. The van der Waals surface area contributed by atoms with Crippen molar-refractivity contribution in [1.29, 1.82) is 0 Å². The molecule has 0 fully saturated rings. The highest BCUT2D eigenvalue weighted by atomic mass is 16.5. The minimum absolute atomic E-state index is 0.106. The van der Waals surface area contributed by atoms with Gasteiger partial charge in [-0.2, -0.15) is 0 Å². The van der Waals surface area contributed by atoms with Crippen molar-refractivity contribution in [1.82, 2.24) is 10.3 Å². The number of hydrogen-bond donors (Lipinski definition) is 2. The molecule has 0 bridgehead atoms. The maximum atomic E-state index is 11.9. The summed E-state index contributed by atoms with van der Waals surface area (Å²) in [5, 5.41) is 4.16. The van der Waals surface area contributed by atoms with Crippen LogP contribution in [0.3, 0.4) is 0 Å². The van der Waals surface area contributed by atoms with Gasteiger partial charge in [0.2, 0.25) is 5.91 Å². The molecule has 0 aliphatic rings. The first-order chi connectivity index (χ1) is 10.7. The Labute approximate surface area is 132 Å². The van der Waals surface area contributed by atoms with Gasteiger partial charge in [-0.25, -0.2) is 0 Å². The maximum Gasteiger partial charge on any atom is 0.220 e. The standard InChI is InChI=1S/C18H26N2O2/c1-14(2)13-22-11-5-10-19-18(21)9-8-15-12-20-17-7-4-3-6-16(15)17/h3-4,6-7,12,14,20H,5,8-11,13H2,1-2H3,(H,19,21). The normalized spacial score (nSPS) is 11.2. The summed E-state index contributed by atoms with van der Waals surface area (Å²) in [7, 11) is 0. The van der Waals surface area contributed by atoms with Crippen LogP contribution in [0.4, 0.5) is 0 Å². The molecule has 1 amide bonds. The highest BCUT2D eigenvalue weighted by molar-refractivity contribution is 5.84. The Balaban J connectivity index is 1.64. The van der Waals surface area contributed by atoms with Crippen LogP contribution in [-0.2, 0) is 16.0 Å². The fourth-order valence-corrected chi connectivity index (χ4v) is 2.40. The van der Waals surface area contributed by atoms with Crippen LogP contribution in [0, 0.1) is 5.92 Å². The van der Waals surface area contributed by atoms with Crippen LogP contribution in [-0.4, -0.2) is 30.6 Å². The monoisotopic (exact) mass is 302 g/mol. The Morgan fingerprint density at radius 3 is 2.95 bits per heavy atom. The molecule has 120 valence electrons. The summed E-state index contributed by atoms with van der Waals surface area (Å²) >= 11 is 0. The van der Waals surface area contributed by atoms with Crippen molar-refractivity contribution >= 4 is 16.8 Å². The van der Waals surface area contributed by atoms with Gasteiger partial charge in [0, 0.05) is 43.3 Å². The molecule has 0 aliphatic carbocycles. The lowest BCUT2D eigenvalue weighted by molar-refractivity contribution is -0.121. The van der Waals surface area contributed by atoms with E-state index in [1.807, 2.05) is 18.3 Å². The van der Waals surface area contributed by atoms with Crippen LogP contribution < -0.4 is 5.32 Å². The smallest absolute Gasteiger partial charge is 0.220 e. The molecule has 1 aromatic heterocycles. The van der Waals surface area contributed by atoms with E-state index in [0.717, 1.165) is 25.0 Å². The summed E-state index contributed by atoms with van der Waals surface area (Å²) in [6.45, 7) is 6.44. The third-order valence-electron chi connectivity index (χ3n) is 3.54. The van der Waals surface area contributed by atoms with E-state index in [9.17, 15) is 4.79 Å². The molecule has 4 nitrogen and oxygen atoms in total. The van der Waals surface area contributed by atoms with Crippen molar-refractivity contribution in [3.05, 3.63) is 36.0 Å². The molecule has 0 radical (unpaired) electrons. The largest absolute Gasteiger partial charge is 0.381 e. The van der Waals surface area contributed by atoms with Crippen LogP contribution >= 0.6 is 0 Å². The van der Waals surface area contributed by atoms with Crippen LogP contribution in [0.5, 0.6) is 0 Å². The lowest BCUT2D eigenvalue weighted by Gasteiger charge is -2.07.